The van der Waals surface area contributed by atoms with Gasteiger partial charge in [-0.05, 0) is 50.1 Å². The van der Waals surface area contributed by atoms with Crippen LogP contribution in [0.5, 0.6) is 5.75 Å². The van der Waals surface area contributed by atoms with Gasteiger partial charge in [0.25, 0.3) is 0 Å². The number of rotatable bonds is 9. The first-order valence-electron chi connectivity index (χ1n) is 7.22. The van der Waals surface area contributed by atoms with Crippen LogP contribution >= 0.6 is 0 Å². The SMILES string of the molecule is Cc1cc(F)ccc1OCCCCCCNC(C)C. The molecule has 1 aromatic carbocycles. The van der Waals surface area contributed by atoms with Gasteiger partial charge in [0.05, 0.1) is 6.61 Å². The molecule has 0 aliphatic heterocycles. The van der Waals surface area contributed by atoms with Crippen LogP contribution in [0.15, 0.2) is 18.2 Å². The lowest BCUT2D eigenvalue weighted by Gasteiger charge is -2.09. The van der Waals surface area contributed by atoms with Crippen molar-refractivity contribution in [1.29, 1.82) is 0 Å². The van der Waals surface area contributed by atoms with Crippen molar-refractivity contribution in [3.8, 4) is 5.75 Å². The number of hydrogen-bond donors (Lipinski definition) is 1. The Balaban J connectivity index is 2.04. The van der Waals surface area contributed by atoms with E-state index in [-0.39, 0.29) is 5.82 Å². The van der Waals surface area contributed by atoms with Gasteiger partial charge < -0.3 is 10.1 Å². The number of halogens is 1. The van der Waals surface area contributed by atoms with E-state index in [0.29, 0.717) is 12.6 Å². The summed E-state index contributed by atoms with van der Waals surface area (Å²) in [6, 6.07) is 5.23. The van der Waals surface area contributed by atoms with Crippen LogP contribution in [0.3, 0.4) is 0 Å². The molecule has 19 heavy (non-hydrogen) atoms. The summed E-state index contributed by atoms with van der Waals surface area (Å²) in [4.78, 5) is 0. The van der Waals surface area contributed by atoms with Gasteiger partial charge in [0.15, 0.2) is 0 Å². The topological polar surface area (TPSA) is 21.3 Å². The summed E-state index contributed by atoms with van der Waals surface area (Å²) in [5, 5.41) is 3.41. The lowest BCUT2D eigenvalue weighted by atomic mass is 10.2. The highest BCUT2D eigenvalue weighted by Crippen LogP contribution is 2.18. The molecule has 0 saturated carbocycles. The quantitative estimate of drug-likeness (QED) is 0.681. The first kappa shape index (κ1) is 16.0. The molecule has 0 saturated heterocycles. The molecular weight excluding hydrogens is 241 g/mol. The molecule has 2 nitrogen and oxygen atoms in total. The Kier molecular flexibility index (Phi) is 7.49. The number of unbranched alkanes of at least 4 members (excludes halogenated alkanes) is 3. The maximum absolute atomic E-state index is 12.9. The van der Waals surface area contributed by atoms with Crippen molar-refractivity contribution in [1.82, 2.24) is 5.32 Å². The van der Waals surface area contributed by atoms with Crippen LogP contribution < -0.4 is 10.1 Å². The van der Waals surface area contributed by atoms with E-state index in [1.165, 1.54) is 31.4 Å². The van der Waals surface area contributed by atoms with Gasteiger partial charge in [-0.3, -0.25) is 0 Å². The van der Waals surface area contributed by atoms with Crippen molar-refractivity contribution in [3.05, 3.63) is 29.6 Å². The molecule has 1 N–H and O–H groups in total. The summed E-state index contributed by atoms with van der Waals surface area (Å²) in [5.41, 5.74) is 0.862. The van der Waals surface area contributed by atoms with E-state index in [4.69, 9.17) is 4.74 Å². The van der Waals surface area contributed by atoms with Crippen LogP contribution in [0, 0.1) is 12.7 Å². The Morgan fingerprint density at radius 1 is 1.16 bits per heavy atom. The Labute approximate surface area is 116 Å². The third-order valence-electron chi connectivity index (χ3n) is 3.02. The molecule has 0 heterocycles. The number of hydrogen-bond acceptors (Lipinski definition) is 2. The highest BCUT2D eigenvalue weighted by Gasteiger charge is 2.00. The van der Waals surface area contributed by atoms with Gasteiger partial charge in [0.2, 0.25) is 0 Å². The van der Waals surface area contributed by atoms with E-state index in [1.807, 2.05) is 6.92 Å². The minimum Gasteiger partial charge on any atom is -0.493 e. The Hall–Kier alpha value is -1.09. The summed E-state index contributed by atoms with van der Waals surface area (Å²) in [6.07, 6.45) is 4.68. The van der Waals surface area contributed by atoms with Crippen LogP contribution in [0.4, 0.5) is 4.39 Å². The van der Waals surface area contributed by atoms with Crippen molar-refractivity contribution in [2.75, 3.05) is 13.2 Å². The summed E-state index contributed by atoms with van der Waals surface area (Å²) in [7, 11) is 0. The lowest BCUT2D eigenvalue weighted by Crippen LogP contribution is -2.23. The van der Waals surface area contributed by atoms with Crippen LogP contribution in [-0.2, 0) is 0 Å². The first-order chi connectivity index (χ1) is 9.09. The standard InChI is InChI=1S/C16H26FNO/c1-13(2)18-10-6-4-5-7-11-19-16-9-8-15(17)12-14(16)3/h8-9,12-13,18H,4-7,10-11H2,1-3H3. The third kappa shape index (κ3) is 7.16. The summed E-state index contributed by atoms with van der Waals surface area (Å²) in [5.74, 6) is 0.588. The van der Waals surface area contributed by atoms with Gasteiger partial charge in [-0.1, -0.05) is 26.7 Å². The molecule has 0 spiro atoms. The molecule has 0 radical (unpaired) electrons. The van der Waals surface area contributed by atoms with Gasteiger partial charge in [0.1, 0.15) is 11.6 Å². The Morgan fingerprint density at radius 3 is 2.58 bits per heavy atom. The van der Waals surface area contributed by atoms with E-state index in [0.717, 1.165) is 24.3 Å². The highest BCUT2D eigenvalue weighted by atomic mass is 19.1. The minimum atomic E-state index is -0.206. The van der Waals surface area contributed by atoms with Crippen LogP contribution in [0.2, 0.25) is 0 Å². The van der Waals surface area contributed by atoms with E-state index in [1.54, 1.807) is 6.07 Å². The molecule has 0 amide bonds. The second-order valence-electron chi connectivity index (χ2n) is 5.28. The fourth-order valence-electron chi connectivity index (χ4n) is 1.93. The largest absolute Gasteiger partial charge is 0.493 e. The minimum absolute atomic E-state index is 0.206. The number of ether oxygens (including phenoxy) is 1. The second-order valence-corrected chi connectivity index (χ2v) is 5.28. The van der Waals surface area contributed by atoms with Gasteiger partial charge >= 0.3 is 0 Å². The first-order valence-corrected chi connectivity index (χ1v) is 7.22. The van der Waals surface area contributed by atoms with E-state index in [2.05, 4.69) is 19.2 Å². The monoisotopic (exact) mass is 267 g/mol. The third-order valence-corrected chi connectivity index (χ3v) is 3.02. The van der Waals surface area contributed by atoms with Crippen LogP contribution in [-0.4, -0.2) is 19.2 Å². The molecule has 0 fully saturated rings. The van der Waals surface area contributed by atoms with Crippen molar-refractivity contribution in [2.24, 2.45) is 0 Å². The smallest absolute Gasteiger partial charge is 0.123 e. The molecule has 3 heteroatoms. The second kappa shape index (κ2) is 8.92. The van der Waals surface area contributed by atoms with Gasteiger partial charge in [-0.15, -0.1) is 0 Å². The maximum atomic E-state index is 12.9. The zero-order valence-corrected chi connectivity index (χ0v) is 12.3. The molecule has 0 atom stereocenters. The summed E-state index contributed by atoms with van der Waals surface area (Å²) in [6.45, 7) is 8.01. The molecular formula is C16H26FNO. The maximum Gasteiger partial charge on any atom is 0.123 e. The zero-order chi connectivity index (χ0) is 14.1. The fourth-order valence-corrected chi connectivity index (χ4v) is 1.93. The van der Waals surface area contributed by atoms with Crippen molar-refractivity contribution < 1.29 is 9.13 Å². The molecule has 108 valence electrons. The fraction of sp³-hybridized carbons (Fsp3) is 0.625. The highest BCUT2D eigenvalue weighted by molar-refractivity contribution is 5.32. The molecule has 0 unspecified atom stereocenters. The van der Waals surface area contributed by atoms with Crippen LogP contribution in [0.25, 0.3) is 0 Å². The van der Waals surface area contributed by atoms with Crippen molar-refractivity contribution in [3.63, 3.8) is 0 Å². The molecule has 0 aromatic heterocycles. The number of aryl methyl sites for hydroxylation is 1. The number of benzene rings is 1. The molecule has 0 aliphatic rings. The molecule has 0 bridgehead atoms. The lowest BCUT2D eigenvalue weighted by molar-refractivity contribution is 0.302. The van der Waals surface area contributed by atoms with Gasteiger partial charge in [-0.2, -0.15) is 0 Å². The van der Waals surface area contributed by atoms with E-state index >= 15 is 0 Å². The normalized spacial score (nSPS) is 11.0. The van der Waals surface area contributed by atoms with Gasteiger partial charge in [-0.25, -0.2) is 4.39 Å². The van der Waals surface area contributed by atoms with Crippen molar-refractivity contribution >= 4 is 0 Å². The summed E-state index contributed by atoms with van der Waals surface area (Å²) >= 11 is 0. The van der Waals surface area contributed by atoms with E-state index in [9.17, 15) is 4.39 Å². The Morgan fingerprint density at radius 2 is 1.89 bits per heavy atom. The van der Waals surface area contributed by atoms with Crippen molar-refractivity contribution in [2.45, 2.75) is 52.5 Å². The van der Waals surface area contributed by atoms with E-state index < -0.39 is 0 Å². The average molecular weight is 267 g/mol. The zero-order valence-electron chi connectivity index (χ0n) is 12.3. The Bertz CT molecular complexity index is 366. The van der Waals surface area contributed by atoms with Crippen LogP contribution in [0.1, 0.15) is 45.1 Å². The number of nitrogens with one attached hydrogen (secondary N) is 1. The molecule has 1 aromatic rings. The van der Waals surface area contributed by atoms with Gasteiger partial charge in [0, 0.05) is 6.04 Å². The predicted molar refractivity (Wildman–Crippen MR) is 78.2 cm³/mol. The predicted octanol–water partition coefficient (Wildman–Crippen LogP) is 4.07. The average Bonchev–Trinajstić information content (AvgIpc) is 2.34. The molecule has 0 aliphatic carbocycles. The molecule has 1 rings (SSSR count). The summed E-state index contributed by atoms with van der Waals surface area (Å²) < 4.78 is 18.6.